The summed E-state index contributed by atoms with van der Waals surface area (Å²) in [5.41, 5.74) is 0. The van der Waals surface area contributed by atoms with Crippen LogP contribution in [0, 0.1) is 11.8 Å². The molecule has 2 atom stereocenters. The SMILES string of the molecule is C[C@H]1C[C@H](C)CN(C(=O)CNCCn2cccn2)C1. The van der Waals surface area contributed by atoms with E-state index in [1.54, 1.807) is 6.20 Å². The maximum atomic E-state index is 12.1. The Morgan fingerprint density at radius 3 is 2.74 bits per heavy atom. The largest absolute Gasteiger partial charge is 0.341 e. The van der Waals surface area contributed by atoms with Crippen LogP contribution in [-0.4, -0.2) is 46.8 Å². The molecule has 1 N–H and O–H groups in total. The van der Waals surface area contributed by atoms with Crippen LogP contribution in [0.25, 0.3) is 0 Å². The van der Waals surface area contributed by atoms with E-state index < -0.39 is 0 Å². The number of nitrogens with one attached hydrogen (secondary N) is 1. The van der Waals surface area contributed by atoms with Gasteiger partial charge in [-0.15, -0.1) is 0 Å². The molecule has 1 aliphatic heterocycles. The van der Waals surface area contributed by atoms with Gasteiger partial charge >= 0.3 is 0 Å². The Labute approximate surface area is 115 Å². The van der Waals surface area contributed by atoms with Crippen molar-refractivity contribution in [3.05, 3.63) is 18.5 Å². The molecule has 1 aliphatic rings. The third-order valence-corrected chi connectivity index (χ3v) is 3.57. The summed E-state index contributed by atoms with van der Waals surface area (Å²) in [5, 5.41) is 7.32. The summed E-state index contributed by atoms with van der Waals surface area (Å²) in [4.78, 5) is 14.1. The highest BCUT2D eigenvalue weighted by atomic mass is 16.2. The lowest BCUT2D eigenvalue weighted by atomic mass is 9.92. The second-order valence-corrected chi connectivity index (χ2v) is 5.69. The van der Waals surface area contributed by atoms with E-state index in [-0.39, 0.29) is 5.91 Å². The molecule has 5 nitrogen and oxygen atoms in total. The molecule has 2 heterocycles. The predicted octanol–water partition coefficient (Wildman–Crippen LogP) is 0.977. The van der Waals surface area contributed by atoms with Crippen molar-refractivity contribution in [1.29, 1.82) is 0 Å². The van der Waals surface area contributed by atoms with Crippen LogP contribution in [0.4, 0.5) is 0 Å². The number of carbonyl (C=O) groups is 1. The van der Waals surface area contributed by atoms with Gasteiger partial charge in [0.1, 0.15) is 0 Å². The first-order valence-electron chi connectivity index (χ1n) is 7.11. The van der Waals surface area contributed by atoms with Crippen LogP contribution in [0.2, 0.25) is 0 Å². The molecule has 0 unspecified atom stereocenters. The van der Waals surface area contributed by atoms with E-state index in [0.29, 0.717) is 18.4 Å². The van der Waals surface area contributed by atoms with Crippen LogP contribution in [0.15, 0.2) is 18.5 Å². The van der Waals surface area contributed by atoms with Gasteiger partial charge in [-0.3, -0.25) is 9.48 Å². The van der Waals surface area contributed by atoms with Crippen molar-refractivity contribution >= 4 is 5.91 Å². The number of aromatic nitrogens is 2. The topological polar surface area (TPSA) is 50.2 Å². The number of amides is 1. The van der Waals surface area contributed by atoms with Crippen LogP contribution >= 0.6 is 0 Å². The Morgan fingerprint density at radius 1 is 1.37 bits per heavy atom. The summed E-state index contributed by atoms with van der Waals surface area (Å²) < 4.78 is 1.86. The number of piperidine rings is 1. The molecular formula is C14H24N4O. The monoisotopic (exact) mass is 264 g/mol. The number of hydrogen-bond donors (Lipinski definition) is 1. The van der Waals surface area contributed by atoms with Gasteiger partial charge in [-0.2, -0.15) is 5.10 Å². The standard InChI is InChI=1S/C14H24N4O/c1-12-8-13(2)11-17(10-12)14(19)9-15-5-7-18-6-3-4-16-18/h3-4,6,12-13,15H,5,7-11H2,1-2H3/t12-,13-/m0/s1. The summed E-state index contributed by atoms with van der Waals surface area (Å²) >= 11 is 0. The van der Waals surface area contributed by atoms with E-state index in [1.807, 2.05) is 21.8 Å². The maximum absolute atomic E-state index is 12.1. The molecule has 0 aromatic carbocycles. The minimum Gasteiger partial charge on any atom is -0.341 e. The quantitative estimate of drug-likeness (QED) is 0.807. The zero-order chi connectivity index (χ0) is 13.7. The van der Waals surface area contributed by atoms with Gasteiger partial charge in [-0.25, -0.2) is 0 Å². The van der Waals surface area contributed by atoms with Gasteiger partial charge in [0, 0.05) is 32.0 Å². The fraction of sp³-hybridized carbons (Fsp3) is 0.714. The second kappa shape index (κ2) is 6.70. The first-order chi connectivity index (χ1) is 9.15. The van der Waals surface area contributed by atoms with E-state index in [2.05, 4.69) is 24.3 Å². The van der Waals surface area contributed by atoms with Crippen molar-refractivity contribution in [2.75, 3.05) is 26.2 Å². The molecule has 0 saturated carbocycles. The van der Waals surface area contributed by atoms with Crippen molar-refractivity contribution in [3.63, 3.8) is 0 Å². The highest BCUT2D eigenvalue weighted by Crippen LogP contribution is 2.20. The van der Waals surface area contributed by atoms with E-state index in [0.717, 1.165) is 26.2 Å². The summed E-state index contributed by atoms with van der Waals surface area (Å²) in [7, 11) is 0. The zero-order valence-electron chi connectivity index (χ0n) is 11.9. The van der Waals surface area contributed by atoms with Crippen LogP contribution in [0.3, 0.4) is 0 Å². The van der Waals surface area contributed by atoms with Crippen LogP contribution in [0.5, 0.6) is 0 Å². The lowest BCUT2D eigenvalue weighted by Gasteiger charge is -2.35. The number of likely N-dealkylation sites (tertiary alicyclic amines) is 1. The first-order valence-corrected chi connectivity index (χ1v) is 7.11. The lowest BCUT2D eigenvalue weighted by molar-refractivity contribution is -0.132. The molecule has 5 heteroatoms. The molecule has 0 spiro atoms. The smallest absolute Gasteiger partial charge is 0.236 e. The molecule has 2 rings (SSSR count). The van der Waals surface area contributed by atoms with Crippen molar-refractivity contribution in [1.82, 2.24) is 20.0 Å². The minimum absolute atomic E-state index is 0.221. The van der Waals surface area contributed by atoms with Gasteiger partial charge in [0.05, 0.1) is 13.1 Å². The average Bonchev–Trinajstić information content (AvgIpc) is 2.86. The molecule has 1 aromatic rings. The van der Waals surface area contributed by atoms with Crippen LogP contribution in [-0.2, 0) is 11.3 Å². The van der Waals surface area contributed by atoms with E-state index in [1.165, 1.54) is 6.42 Å². The predicted molar refractivity (Wildman–Crippen MR) is 74.6 cm³/mol. The summed E-state index contributed by atoms with van der Waals surface area (Å²) in [5.74, 6) is 1.47. The van der Waals surface area contributed by atoms with Crippen molar-refractivity contribution in [2.24, 2.45) is 11.8 Å². The second-order valence-electron chi connectivity index (χ2n) is 5.69. The highest BCUT2D eigenvalue weighted by molar-refractivity contribution is 5.78. The maximum Gasteiger partial charge on any atom is 0.236 e. The molecule has 0 radical (unpaired) electrons. The Morgan fingerprint density at radius 2 is 2.11 bits per heavy atom. The molecule has 106 valence electrons. The molecule has 0 bridgehead atoms. The highest BCUT2D eigenvalue weighted by Gasteiger charge is 2.24. The molecular weight excluding hydrogens is 240 g/mol. The molecule has 1 fully saturated rings. The fourth-order valence-corrected chi connectivity index (χ4v) is 2.80. The lowest BCUT2D eigenvalue weighted by Crippen LogP contribution is -2.46. The molecule has 1 aromatic heterocycles. The van der Waals surface area contributed by atoms with Crippen molar-refractivity contribution < 1.29 is 4.79 Å². The van der Waals surface area contributed by atoms with Gasteiger partial charge in [0.2, 0.25) is 5.91 Å². The van der Waals surface area contributed by atoms with E-state index in [9.17, 15) is 4.79 Å². The Kier molecular flexibility index (Phi) is 4.96. The van der Waals surface area contributed by atoms with Gasteiger partial charge in [-0.1, -0.05) is 13.8 Å². The Hall–Kier alpha value is -1.36. The molecule has 1 amide bonds. The summed E-state index contributed by atoms with van der Waals surface area (Å²) in [6, 6.07) is 1.90. The third-order valence-electron chi connectivity index (χ3n) is 3.57. The van der Waals surface area contributed by atoms with E-state index >= 15 is 0 Å². The van der Waals surface area contributed by atoms with Crippen LogP contribution < -0.4 is 5.32 Å². The van der Waals surface area contributed by atoms with Gasteiger partial charge in [-0.05, 0) is 24.3 Å². The Balaban J connectivity index is 1.66. The Bertz CT molecular complexity index is 380. The number of hydrogen-bond acceptors (Lipinski definition) is 3. The fourth-order valence-electron chi connectivity index (χ4n) is 2.80. The molecule has 19 heavy (non-hydrogen) atoms. The average molecular weight is 264 g/mol. The summed E-state index contributed by atoms with van der Waals surface area (Å²) in [6.07, 6.45) is 4.93. The van der Waals surface area contributed by atoms with E-state index in [4.69, 9.17) is 0 Å². The molecule has 0 aliphatic carbocycles. The van der Waals surface area contributed by atoms with Gasteiger partial charge < -0.3 is 10.2 Å². The van der Waals surface area contributed by atoms with Gasteiger partial charge in [0.15, 0.2) is 0 Å². The normalized spacial score (nSPS) is 23.6. The van der Waals surface area contributed by atoms with Crippen molar-refractivity contribution in [2.45, 2.75) is 26.8 Å². The van der Waals surface area contributed by atoms with Crippen molar-refractivity contribution in [3.8, 4) is 0 Å². The number of nitrogens with zero attached hydrogens (tertiary/aromatic N) is 3. The third kappa shape index (κ3) is 4.35. The first kappa shape index (κ1) is 14.1. The molecule has 1 saturated heterocycles. The number of carbonyl (C=O) groups excluding carboxylic acids is 1. The van der Waals surface area contributed by atoms with Crippen LogP contribution in [0.1, 0.15) is 20.3 Å². The minimum atomic E-state index is 0.221. The summed E-state index contributed by atoms with van der Waals surface area (Å²) in [6.45, 7) is 8.26. The van der Waals surface area contributed by atoms with Gasteiger partial charge in [0.25, 0.3) is 0 Å². The zero-order valence-corrected chi connectivity index (χ0v) is 11.9. The number of rotatable bonds is 5.